The summed E-state index contributed by atoms with van der Waals surface area (Å²) in [5.74, 6) is 0.0811. The Balaban J connectivity index is 2.30. The maximum absolute atomic E-state index is 11.4. The second-order valence-electron chi connectivity index (χ2n) is 4.31. The monoisotopic (exact) mass is 222 g/mol. The Morgan fingerprint density at radius 3 is 3.12 bits per heavy atom. The summed E-state index contributed by atoms with van der Waals surface area (Å²) in [6.45, 7) is 2.06. The maximum atomic E-state index is 11.4. The Morgan fingerprint density at radius 2 is 2.44 bits per heavy atom. The van der Waals surface area contributed by atoms with Crippen LogP contribution in [0, 0.1) is 0 Å². The summed E-state index contributed by atoms with van der Waals surface area (Å²) >= 11 is 0. The summed E-state index contributed by atoms with van der Waals surface area (Å²) in [6, 6.07) is -0.0860. The molecule has 5 nitrogen and oxygen atoms in total. The van der Waals surface area contributed by atoms with E-state index in [2.05, 4.69) is 17.3 Å². The zero-order chi connectivity index (χ0) is 11.7. The Hall–Kier alpha value is -1.36. The van der Waals surface area contributed by atoms with E-state index in [4.69, 9.17) is 5.73 Å². The Morgan fingerprint density at radius 1 is 1.69 bits per heavy atom. The number of aryl methyl sites for hydroxylation is 2. The van der Waals surface area contributed by atoms with E-state index in [-0.39, 0.29) is 18.0 Å². The minimum atomic E-state index is -0.0788. The van der Waals surface area contributed by atoms with Gasteiger partial charge in [-0.15, -0.1) is 0 Å². The molecule has 5 heteroatoms. The number of aromatic nitrogens is 2. The smallest absolute Gasteiger partial charge is 0.220 e. The molecule has 2 atom stereocenters. The van der Waals surface area contributed by atoms with Gasteiger partial charge >= 0.3 is 0 Å². The molecule has 0 aliphatic carbocycles. The third-order valence-electron chi connectivity index (χ3n) is 3.06. The molecular weight excluding hydrogens is 204 g/mol. The first-order chi connectivity index (χ1) is 7.61. The zero-order valence-corrected chi connectivity index (χ0v) is 9.73. The number of carbonyl (C=O) groups excluding carboxylic acids is 1. The van der Waals surface area contributed by atoms with E-state index in [0.29, 0.717) is 6.42 Å². The predicted octanol–water partition coefficient (Wildman–Crippen LogP) is 0.261. The van der Waals surface area contributed by atoms with Gasteiger partial charge in [-0.3, -0.25) is 9.48 Å². The summed E-state index contributed by atoms with van der Waals surface area (Å²) in [4.78, 5) is 11.4. The molecule has 0 aromatic carbocycles. The van der Waals surface area contributed by atoms with Gasteiger partial charge in [0.2, 0.25) is 5.91 Å². The molecular formula is C11H18N4O. The van der Waals surface area contributed by atoms with Crippen molar-refractivity contribution in [3.05, 3.63) is 17.5 Å². The van der Waals surface area contributed by atoms with Crippen molar-refractivity contribution in [2.24, 2.45) is 12.8 Å². The van der Waals surface area contributed by atoms with E-state index in [1.807, 2.05) is 13.2 Å². The second kappa shape index (κ2) is 4.25. The predicted molar refractivity (Wildman–Crippen MR) is 60.7 cm³/mol. The molecule has 1 saturated heterocycles. The highest BCUT2D eigenvalue weighted by Crippen LogP contribution is 2.25. The van der Waals surface area contributed by atoms with Gasteiger partial charge in [-0.05, 0) is 12.8 Å². The van der Waals surface area contributed by atoms with Crippen molar-refractivity contribution in [1.29, 1.82) is 0 Å². The maximum Gasteiger partial charge on any atom is 0.220 e. The largest absolute Gasteiger partial charge is 0.348 e. The molecule has 2 rings (SSSR count). The Kier molecular flexibility index (Phi) is 2.96. The molecule has 0 radical (unpaired) electrons. The molecule has 1 aromatic rings. The SMILES string of the molecule is CCc1nn(C)cc1C1NC(=O)CCC1N. The van der Waals surface area contributed by atoms with Crippen LogP contribution in [0.4, 0.5) is 0 Å². The molecule has 1 aliphatic rings. The molecule has 0 saturated carbocycles. The lowest BCUT2D eigenvalue weighted by atomic mass is 9.92. The molecule has 1 amide bonds. The molecule has 3 N–H and O–H groups in total. The fraction of sp³-hybridized carbons (Fsp3) is 0.636. The van der Waals surface area contributed by atoms with Gasteiger partial charge in [-0.2, -0.15) is 5.10 Å². The Labute approximate surface area is 95.0 Å². The first-order valence-corrected chi connectivity index (χ1v) is 5.69. The summed E-state index contributed by atoms with van der Waals surface area (Å²) in [5.41, 5.74) is 8.13. The number of hydrogen-bond donors (Lipinski definition) is 2. The highest BCUT2D eigenvalue weighted by atomic mass is 16.1. The number of nitrogens with zero attached hydrogens (tertiary/aromatic N) is 2. The number of amides is 1. The van der Waals surface area contributed by atoms with Gasteiger partial charge in [0.15, 0.2) is 0 Å². The number of nitrogens with two attached hydrogens (primary N) is 1. The topological polar surface area (TPSA) is 72.9 Å². The van der Waals surface area contributed by atoms with Crippen molar-refractivity contribution < 1.29 is 4.79 Å². The summed E-state index contributed by atoms with van der Waals surface area (Å²) in [5, 5.41) is 7.33. The van der Waals surface area contributed by atoms with Gasteiger partial charge in [0.05, 0.1) is 11.7 Å². The molecule has 1 aliphatic heterocycles. The van der Waals surface area contributed by atoms with E-state index in [1.54, 1.807) is 4.68 Å². The minimum absolute atomic E-state index is 0.00722. The van der Waals surface area contributed by atoms with Gasteiger partial charge in [0.1, 0.15) is 0 Å². The summed E-state index contributed by atoms with van der Waals surface area (Å²) < 4.78 is 1.78. The van der Waals surface area contributed by atoms with Crippen molar-refractivity contribution >= 4 is 5.91 Å². The van der Waals surface area contributed by atoms with Crippen LogP contribution in [0.1, 0.15) is 37.1 Å². The molecule has 16 heavy (non-hydrogen) atoms. The number of rotatable bonds is 2. The number of piperidine rings is 1. The molecule has 0 bridgehead atoms. The van der Waals surface area contributed by atoms with Crippen LogP contribution in [0.5, 0.6) is 0 Å². The average Bonchev–Trinajstić information content (AvgIpc) is 2.63. The molecule has 88 valence electrons. The van der Waals surface area contributed by atoms with Crippen LogP contribution in [0.3, 0.4) is 0 Å². The van der Waals surface area contributed by atoms with Crippen molar-refractivity contribution in [1.82, 2.24) is 15.1 Å². The first-order valence-electron chi connectivity index (χ1n) is 5.69. The molecule has 2 unspecified atom stereocenters. The lowest BCUT2D eigenvalue weighted by Crippen LogP contribution is -2.46. The minimum Gasteiger partial charge on any atom is -0.348 e. The third kappa shape index (κ3) is 1.95. The molecule has 1 aromatic heterocycles. The quantitative estimate of drug-likeness (QED) is 0.754. The van der Waals surface area contributed by atoms with Crippen LogP contribution < -0.4 is 11.1 Å². The Bertz CT molecular complexity index is 399. The summed E-state index contributed by atoms with van der Waals surface area (Å²) in [7, 11) is 1.89. The van der Waals surface area contributed by atoms with Crippen LogP contribution in [-0.4, -0.2) is 21.7 Å². The van der Waals surface area contributed by atoms with Crippen LogP contribution in [-0.2, 0) is 18.3 Å². The summed E-state index contributed by atoms with van der Waals surface area (Å²) in [6.07, 6.45) is 4.08. The van der Waals surface area contributed by atoms with Crippen LogP contribution >= 0.6 is 0 Å². The lowest BCUT2D eigenvalue weighted by molar-refractivity contribution is -0.123. The van der Waals surface area contributed by atoms with Crippen LogP contribution in [0.15, 0.2) is 6.20 Å². The third-order valence-corrected chi connectivity index (χ3v) is 3.06. The van der Waals surface area contributed by atoms with Gasteiger partial charge in [0, 0.05) is 31.3 Å². The molecule has 1 fully saturated rings. The van der Waals surface area contributed by atoms with Gasteiger partial charge in [-0.25, -0.2) is 0 Å². The van der Waals surface area contributed by atoms with Gasteiger partial charge in [-0.1, -0.05) is 6.92 Å². The number of nitrogens with one attached hydrogen (secondary N) is 1. The normalized spacial score (nSPS) is 25.6. The van der Waals surface area contributed by atoms with E-state index < -0.39 is 0 Å². The highest BCUT2D eigenvalue weighted by Gasteiger charge is 2.29. The second-order valence-corrected chi connectivity index (χ2v) is 4.31. The van der Waals surface area contributed by atoms with Crippen molar-refractivity contribution in [3.63, 3.8) is 0 Å². The highest BCUT2D eigenvalue weighted by molar-refractivity contribution is 5.77. The van der Waals surface area contributed by atoms with Crippen LogP contribution in [0.25, 0.3) is 0 Å². The molecule has 0 spiro atoms. The van der Waals surface area contributed by atoms with Crippen LogP contribution in [0.2, 0.25) is 0 Å². The van der Waals surface area contributed by atoms with E-state index in [9.17, 15) is 4.79 Å². The van der Waals surface area contributed by atoms with Crippen molar-refractivity contribution in [3.8, 4) is 0 Å². The van der Waals surface area contributed by atoms with Crippen molar-refractivity contribution in [2.45, 2.75) is 38.3 Å². The average molecular weight is 222 g/mol. The fourth-order valence-corrected chi connectivity index (χ4v) is 2.21. The number of carbonyl (C=O) groups is 1. The number of hydrogen-bond acceptors (Lipinski definition) is 3. The van der Waals surface area contributed by atoms with E-state index in [0.717, 1.165) is 24.1 Å². The molecule has 2 heterocycles. The van der Waals surface area contributed by atoms with Gasteiger partial charge < -0.3 is 11.1 Å². The van der Waals surface area contributed by atoms with Crippen molar-refractivity contribution in [2.75, 3.05) is 0 Å². The van der Waals surface area contributed by atoms with Gasteiger partial charge in [0.25, 0.3) is 0 Å². The van der Waals surface area contributed by atoms with E-state index in [1.165, 1.54) is 0 Å². The first kappa shape index (κ1) is 11.1. The fourth-order valence-electron chi connectivity index (χ4n) is 2.21. The zero-order valence-electron chi connectivity index (χ0n) is 9.73. The lowest BCUT2D eigenvalue weighted by Gasteiger charge is -2.29. The standard InChI is InChI=1S/C11H18N4O/c1-3-9-7(6-15(2)14-9)11-8(12)4-5-10(16)13-11/h6,8,11H,3-5,12H2,1-2H3,(H,13,16). The van der Waals surface area contributed by atoms with E-state index >= 15 is 0 Å².